The largest absolute Gasteiger partial charge is 0.478 e. The van der Waals surface area contributed by atoms with Crippen LogP contribution in [0.3, 0.4) is 0 Å². The lowest BCUT2D eigenvalue weighted by Gasteiger charge is -2.26. The van der Waals surface area contributed by atoms with E-state index in [4.69, 9.17) is 16.3 Å². The van der Waals surface area contributed by atoms with Crippen molar-refractivity contribution in [2.75, 3.05) is 10.6 Å². The normalized spacial score (nSPS) is 10.8. The van der Waals surface area contributed by atoms with E-state index >= 15 is 0 Å². The number of amides is 2. The second-order valence-electron chi connectivity index (χ2n) is 5.75. The van der Waals surface area contributed by atoms with Crippen molar-refractivity contribution in [3.8, 4) is 5.75 Å². The summed E-state index contributed by atoms with van der Waals surface area (Å²) >= 11 is 5.84. The van der Waals surface area contributed by atoms with Gasteiger partial charge in [0.2, 0.25) is 5.91 Å². The van der Waals surface area contributed by atoms with E-state index in [1.165, 1.54) is 6.92 Å². The first-order valence-corrected chi connectivity index (χ1v) is 7.78. The van der Waals surface area contributed by atoms with E-state index in [9.17, 15) is 9.59 Å². The van der Waals surface area contributed by atoms with Gasteiger partial charge in [-0.2, -0.15) is 0 Å². The SMILES string of the molecule is CC(=O)Nc1ccccc1NC(=O)C(C)(C)Oc1ccc(Cl)cc1. The maximum absolute atomic E-state index is 12.6. The molecular formula is C18H19ClN2O3. The van der Waals surface area contributed by atoms with E-state index in [0.29, 0.717) is 22.1 Å². The van der Waals surface area contributed by atoms with Gasteiger partial charge < -0.3 is 15.4 Å². The van der Waals surface area contributed by atoms with Crippen molar-refractivity contribution in [3.63, 3.8) is 0 Å². The smallest absolute Gasteiger partial charge is 0.268 e. The third kappa shape index (κ3) is 4.73. The van der Waals surface area contributed by atoms with E-state index in [2.05, 4.69) is 10.6 Å². The molecule has 0 bridgehead atoms. The number of nitrogens with one attached hydrogen (secondary N) is 2. The first kappa shape index (κ1) is 17.8. The molecule has 0 aliphatic carbocycles. The topological polar surface area (TPSA) is 67.4 Å². The summed E-state index contributed by atoms with van der Waals surface area (Å²) in [6.45, 7) is 4.74. The Labute approximate surface area is 146 Å². The van der Waals surface area contributed by atoms with Gasteiger partial charge in [-0.05, 0) is 50.2 Å². The second-order valence-corrected chi connectivity index (χ2v) is 6.18. The van der Waals surface area contributed by atoms with Gasteiger partial charge in [-0.3, -0.25) is 9.59 Å². The molecule has 2 aromatic carbocycles. The Kier molecular flexibility index (Phi) is 5.46. The molecule has 0 aliphatic rings. The number of benzene rings is 2. The van der Waals surface area contributed by atoms with Crippen molar-refractivity contribution >= 4 is 34.8 Å². The summed E-state index contributed by atoms with van der Waals surface area (Å²) in [5.41, 5.74) is -0.0805. The fourth-order valence-electron chi connectivity index (χ4n) is 2.01. The summed E-state index contributed by atoms with van der Waals surface area (Å²) in [5.74, 6) is -0.0154. The van der Waals surface area contributed by atoms with Crippen LogP contribution in [0.15, 0.2) is 48.5 Å². The molecule has 2 rings (SSSR count). The molecule has 0 aromatic heterocycles. The molecule has 24 heavy (non-hydrogen) atoms. The molecule has 0 aliphatic heterocycles. The number of halogens is 1. The number of hydrogen-bond acceptors (Lipinski definition) is 3. The average Bonchev–Trinajstić information content (AvgIpc) is 2.51. The molecule has 0 spiro atoms. The zero-order valence-electron chi connectivity index (χ0n) is 13.7. The highest BCUT2D eigenvalue weighted by atomic mass is 35.5. The first-order chi connectivity index (χ1) is 11.3. The summed E-state index contributed by atoms with van der Waals surface area (Å²) < 4.78 is 5.75. The Hall–Kier alpha value is -2.53. The maximum Gasteiger partial charge on any atom is 0.268 e. The van der Waals surface area contributed by atoms with Gasteiger partial charge in [-0.1, -0.05) is 23.7 Å². The third-order valence-electron chi connectivity index (χ3n) is 3.22. The molecule has 126 valence electrons. The van der Waals surface area contributed by atoms with Gasteiger partial charge in [0, 0.05) is 11.9 Å². The van der Waals surface area contributed by atoms with Gasteiger partial charge in [0.25, 0.3) is 5.91 Å². The summed E-state index contributed by atoms with van der Waals surface area (Å²) in [4.78, 5) is 23.8. The number of carbonyl (C=O) groups excluding carboxylic acids is 2. The molecule has 0 unspecified atom stereocenters. The van der Waals surface area contributed by atoms with Crippen LogP contribution in [0, 0.1) is 0 Å². The third-order valence-corrected chi connectivity index (χ3v) is 3.47. The minimum atomic E-state index is -1.11. The maximum atomic E-state index is 12.6. The molecule has 5 nitrogen and oxygen atoms in total. The number of rotatable bonds is 5. The Morgan fingerprint density at radius 2 is 1.50 bits per heavy atom. The van der Waals surface area contributed by atoms with Crippen molar-refractivity contribution in [1.29, 1.82) is 0 Å². The molecule has 2 amide bonds. The van der Waals surface area contributed by atoms with Gasteiger partial charge >= 0.3 is 0 Å². The van der Waals surface area contributed by atoms with Crippen LogP contribution in [-0.4, -0.2) is 17.4 Å². The highest BCUT2D eigenvalue weighted by molar-refractivity contribution is 6.30. The fourth-order valence-corrected chi connectivity index (χ4v) is 2.13. The van der Waals surface area contributed by atoms with Gasteiger partial charge in [-0.25, -0.2) is 0 Å². The molecule has 0 atom stereocenters. The molecule has 2 N–H and O–H groups in total. The fraction of sp³-hybridized carbons (Fsp3) is 0.222. The van der Waals surface area contributed by atoms with Crippen molar-refractivity contribution < 1.29 is 14.3 Å². The van der Waals surface area contributed by atoms with Gasteiger partial charge in [0.15, 0.2) is 5.60 Å². The van der Waals surface area contributed by atoms with Gasteiger partial charge in [0.05, 0.1) is 11.4 Å². The lowest BCUT2D eigenvalue weighted by Crippen LogP contribution is -2.42. The van der Waals surface area contributed by atoms with Crippen LogP contribution < -0.4 is 15.4 Å². The quantitative estimate of drug-likeness (QED) is 0.856. The highest BCUT2D eigenvalue weighted by Gasteiger charge is 2.30. The second kappa shape index (κ2) is 7.36. The molecular weight excluding hydrogens is 328 g/mol. The molecule has 2 aromatic rings. The number of anilines is 2. The Bertz CT molecular complexity index is 742. The van der Waals surface area contributed by atoms with Crippen LogP contribution in [0.5, 0.6) is 5.75 Å². The van der Waals surface area contributed by atoms with E-state index in [-0.39, 0.29) is 11.8 Å². The number of para-hydroxylation sites is 2. The standard InChI is InChI=1S/C18H19ClN2O3/c1-12(22)20-15-6-4-5-7-16(15)21-17(23)18(2,3)24-14-10-8-13(19)9-11-14/h4-11H,1-3H3,(H,20,22)(H,21,23). The lowest BCUT2D eigenvalue weighted by atomic mass is 10.1. The van der Waals surface area contributed by atoms with Crippen molar-refractivity contribution in [2.45, 2.75) is 26.4 Å². The predicted molar refractivity (Wildman–Crippen MR) is 95.5 cm³/mol. The minimum absolute atomic E-state index is 0.214. The first-order valence-electron chi connectivity index (χ1n) is 7.40. The average molecular weight is 347 g/mol. The van der Waals surface area contributed by atoms with Crippen molar-refractivity contribution in [3.05, 3.63) is 53.6 Å². The van der Waals surface area contributed by atoms with Gasteiger partial charge in [0.1, 0.15) is 5.75 Å². The van der Waals surface area contributed by atoms with E-state index in [1.807, 2.05) is 0 Å². The van der Waals surface area contributed by atoms with Crippen LogP contribution in [0.2, 0.25) is 5.02 Å². The van der Waals surface area contributed by atoms with Crippen LogP contribution in [0.25, 0.3) is 0 Å². The summed E-state index contributed by atoms with van der Waals surface area (Å²) in [5, 5.41) is 6.05. The Morgan fingerprint density at radius 3 is 2.04 bits per heavy atom. The minimum Gasteiger partial charge on any atom is -0.478 e. The van der Waals surface area contributed by atoms with Crippen molar-refractivity contribution in [1.82, 2.24) is 0 Å². The molecule has 0 radical (unpaired) electrons. The highest BCUT2D eigenvalue weighted by Crippen LogP contribution is 2.25. The molecule has 0 fully saturated rings. The summed E-state index contributed by atoms with van der Waals surface area (Å²) in [7, 11) is 0. The van der Waals surface area contributed by atoms with E-state index in [0.717, 1.165) is 0 Å². The summed E-state index contributed by atoms with van der Waals surface area (Å²) in [6, 6.07) is 13.7. The lowest BCUT2D eigenvalue weighted by molar-refractivity contribution is -0.128. The van der Waals surface area contributed by atoms with E-state index < -0.39 is 5.60 Å². The molecule has 0 saturated heterocycles. The van der Waals surface area contributed by atoms with Crippen LogP contribution in [-0.2, 0) is 9.59 Å². The molecule has 0 heterocycles. The number of hydrogen-bond donors (Lipinski definition) is 2. The van der Waals surface area contributed by atoms with Gasteiger partial charge in [-0.15, -0.1) is 0 Å². The van der Waals surface area contributed by atoms with E-state index in [1.54, 1.807) is 62.4 Å². The zero-order valence-corrected chi connectivity index (χ0v) is 14.5. The molecule has 0 saturated carbocycles. The summed E-state index contributed by atoms with van der Waals surface area (Å²) in [6.07, 6.45) is 0. The molecule has 6 heteroatoms. The Balaban J connectivity index is 2.13. The van der Waals surface area contributed by atoms with Crippen LogP contribution in [0.4, 0.5) is 11.4 Å². The zero-order chi connectivity index (χ0) is 17.7. The number of ether oxygens (including phenoxy) is 1. The monoisotopic (exact) mass is 346 g/mol. The van der Waals surface area contributed by atoms with Crippen molar-refractivity contribution in [2.24, 2.45) is 0 Å². The van der Waals surface area contributed by atoms with Crippen LogP contribution in [0.1, 0.15) is 20.8 Å². The van der Waals surface area contributed by atoms with Crippen LogP contribution >= 0.6 is 11.6 Å². The Morgan fingerprint density at radius 1 is 0.958 bits per heavy atom. The predicted octanol–water partition coefficient (Wildman–Crippen LogP) is 4.09. The number of carbonyl (C=O) groups is 2.